The number of rotatable bonds is 16. The molecule has 1 aromatic carbocycles. The van der Waals surface area contributed by atoms with Gasteiger partial charge in [0, 0.05) is 13.5 Å². The Hall–Kier alpha value is -2.45. The molecule has 4 N–H and O–H groups in total. The lowest BCUT2D eigenvalue weighted by Gasteiger charge is -2.36. The van der Waals surface area contributed by atoms with Crippen LogP contribution in [0, 0.1) is 15.4 Å². The molecule has 6 atom stereocenters. The van der Waals surface area contributed by atoms with E-state index in [2.05, 4.69) is 61.8 Å². The summed E-state index contributed by atoms with van der Waals surface area (Å²) >= 11 is 2.23. The number of carbonyl (C=O) groups excluding carboxylic acids is 3. The lowest BCUT2D eigenvalue weighted by Crippen LogP contribution is -2.55. The number of allylic oxidation sites excluding steroid dienone is 2. The minimum atomic E-state index is -2.06. The topological polar surface area (TPSA) is 148 Å². The number of aliphatic carboxylic acids is 1. The SMILES string of the molecule is C/C(=C\[C@H](C)C[C@H](C)OC(=O)[C@H](C)NC(=O)[C@@H](Cc1ccc(O[Si](C)(C)C(C)(C)C)c(I)c1)N(C)C(=O)[C@H](C)N)C[C@H](C)C(=O)O. The van der Waals surface area contributed by atoms with Gasteiger partial charge in [0.15, 0.2) is 0 Å². The van der Waals surface area contributed by atoms with E-state index in [-0.39, 0.29) is 17.4 Å². The van der Waals surface area contributed by atoms with Gasteiger partial charge in [-0.15, -0.1) is 0 Å². The minimum absolute atomic E-state index is 0.0338. The number of hydrogen-bond donors (Lipinski definition) is 3. The van der Waals surface area contributed by atoms with Crippen LogP contribution in [0.1, 0.15) is 80.7 Å². The molecule has 1 rings (SSSR count). The Kier molecular flexibility index (Phi) is 15.9. The summed E-state index contributed by atoms with van der Waals surface area (Å²) < 4.78 is 13.0. The number of carboxylic acids is 1. The third kappa shape index (κ3) is 13.0. The van der Waals surface area contributed by atoms with Gasteiger partial charge in [-0.3, -0.25) is 14.4 Å². The van der Waals surface area contributed by atoms with E-state index in [4.69, 9.17) is 20.0 Å². The summed E-state index contributed by atoms with van der Waals surface area (Å²) in [5, 5.41) is 11.9. The molecule has 0 heterocycles. The molecular formula is C34H56IN3O7Si. The number of likely N-dealkylation sites (N-methyl/N-ethyl adjacent to an activating group) is 1. The third-order valence-corrected chi connectivity index (χ3v) is 13.6. The summed E-state index contributed by atoms with van der Waals surface area (Å²) in [4.78, 5) is 51.9. The fraction of sp³-hybridized carbons (Fsp3) is 0.647. The van der Waals surface area contributed by atoms with Crippen molar-refractivity contribution in [2.75, 3.05) is 7.05 Å². The fourth-order valence-electron chi connectivity index (χ4n) is 4.72. The van der Waals surface area contributed by atoms with Gasteiger partial charge in [-0.2, -0.15) is 0 Å². The van der Waals surface area contributed by atoms with E-state index in [0.29, 0.717) is 12.8 Å². The zero-order chi connectivity index (χ0) is 35.7. The van der Waals surface area contributed by atoms with Crippen molar-refractivity contribution in [3.63, 3.8) is 0 Å². The van der Waals surface area contributed by atoms with Gasteiger partial charge >= 0.3 is 11.9 Å². The number of ether oxygens (including phenoxy) is 1. The van der Waals surface area contributed by atoms with Crippen LogP contribution >= 0.6 is 22.6 Å². The highest BCUT2D eigenvalue weighted by molar-refractivity contribution is 14.1. The molecular weight excluding hydrogens is 717 g/mol. The van der Waals surface area contributed by atoms with Crippen molar-refractivity contribution in [3.05, 3.63) is 39.0 Å². The standard InChI is InChI=1S/C34H56IN3O7Si/c1-20(16-22(3)32(41)42)15-21(2)17-23(4)44-33(43)25(6)37-30(39)28(38(10)31(40)24(5)36)19-26-13-14-29(27(35)18-26)45-46(11,12)34(7,8)9/h13-15,18,21-25,28H,16-17,19,36H2,1-12H3,(H,37,39)(H,41,42)/b20-15+/t21-,22-,23-,24-,25-,28+/m0/s1. The first-order chi connectivity index (χ1) is 21.0. The highest BCUT2D eigenvalue weighted by atomic mass is 127. The molecule has 46 heavy (non-hydrogen) atoms. The fourth-order valence-corrected chi connectivity index (χ4v) is 6.65. The molecule has 260 valence electrons. The van der Waals surface area contributed by atoms with Gasteiger partial charge in [0.05, 0.1) is 21.6 Å². The summed E-state index contributed by atoms with van der Waals surface area (Å²) in [6.45, 7) is 21.3. The molecule has 0 radical (unpaired) electrons. The first-order valence-electron chi connectivity index (χ1n) is 15.9. The highest BCUT2D eigenvalue weighted by Gasteiger charge is 2.39. The monoisotopic (exact) mass is 773 g/mol. The van der Waals surface area contributed by atoms with Crippen LogP contribution in [-0.2, 0) is 30.3 Å². The van der Waals surface area contributed by atoms with Gasteiger partial charge in [-0.05, 0) is 105 Å². The van der Waals surface area contributed by atoms with Gasteiger partial charge in [0.25, 0.3) is 8.32 Å². The van der Waals surface area contributed by atoms with Crippen LogP contribution in [0.4, 0.5) is 0 Å². The predicted octanol–water partition coefficient (Wildman–Crippen LogP) is 5.91. The van der Waals surface area contributed by atoms with Gasteiger partial charge in [0.1, 0.15) is 17.8 Å². The number of benzene rings is 1. The Morgan fingerprint density at radius 2 is 1.70 bits per heavy atom. The number of hydrogen-bond acceptors (Lipinski definition) is 7. The summed E-state index contributed by atoms with van der Waals surface area (Å²) in [5.74, 6) is -1.95. The van der Waals surface area contributed by atoms with Crippen LogP contribution in [0.5, 0.6) is 5.75 Å². The van der Waals surface area contributed by atoms with E-state index >= 15 is 0 Å². The summed E-state index contributed by atoms with van der Waals surface area (Å²) in [5.41, 5.74) is 7.67. The van der Waals surface area contributed by atoms with E-state index in [1.165, 1.54) is 11.9 Å². The lowest BCUT2D eigenvalue weighted by atomic mass is 9.96. The van der Waals surface area contributed by atoms with E-state index < -0.39 is 62.2 Å². The van der Waals surface area contributed by atoms with Crippen molar-refractivity contribution < 1.29 is 33.4 Å². The molecule has 0 saturated heterocycles. The molecule has 0 fully saturated rings. The quantitative estimate of drug-likeness (QED) is 0.0813. The molecule has 0 saturated carbocycles. The van der Waals surface area contributed by atoms with Gasteiger partial charge in [-0.1, -0.05) is 52.3 Å². The molecule has 10 nitrogen and oxygen atoms in total. The second kappa shape index (κ2) is 17.6. The normalized spacial score (nSPS) is 16.3. The largest absolute Gasteiger partial charge is 0.543 e. The van der Waals surface area contributed by atoms with Crippen molar-refractivity contribution in [3.8, 4) is 5.75 Å². The van der Waals surface area contributed by atoms with Gasteiger partial charge in [-0.25, -0.2) is 4.79 Å². The van der Waals surface area contributed by atoms with Crippen molar-refractivity contribution >= 4 is 54.7 Å². The average Bonchev–Trinajstić information content (AvgIpc) is 2.90. The summed E-state index contributed by atoms with van der Waals surface area (Å²) in [7, 11) is -0.523. The molecule has 0 unspecified atom stereocenters. The van der Waals surface area contributed by atoms with Crippen LogP contribution in [0.15, 0.2) is 29.8 Å². The minimum Gasteiger partial charge on any atom is -0.543 e. The smallest absolute Gasteiger partial charge is 0.328 e. The molecule has 0 aromatic heterocycles. The number of nitrogens with zero attached hydrogens (tertiary/aromatic N) is 1. The van der Waals surface area contributed by atoms with Crippen molar-refractivity contribution in [1.29, 1.82) is 0 Å². The van der Waals surface area contributed by atoms with Crippen molar-refractivity contribution in [2.45, 2.75) is 124 Å². The number of nitrogens with one attached hydrogen (secondary N) is 1. The molecule has 0 aliphatic heterocycles. The van der Waals surface area contributed by atoms with E-state index in [0.717, 1.165) is 20.5 Å². The maximum Gasteiger partial charge on any atom is 0.328 e. The number of nitrogens with two attached hydrogens (primary N) is 1. The molecule has 0 spiro atoms. The van der Waals surface area contributed by atoms with Crippen LogP contribution in [-0.4, -0.2) is 73.4 Å². The average molecular weight is 774 g/mol. The van der Waals surface area contributed by atoms with E-state index in [1.807, 2.05) is 38.1 Å². The Morgan fingerprint density at radius 3 is 2.20 bits per heavy atom. The van der Waals surface area contributed by atoms with Crippen LogP contribution in [0.2, 0.25) is 18.1 Å². The second-order valence-corrected chi connectivity index (χ2v) is 20.1. The second-order valence-electron chi connectivity index (χ2n) is 14.2. The first-order valence-corrected chi connectivity index (χ1v) is 19.9. The van der Waals surface area contributed by atoms with Crippen LogP contribution in [0.3, 0.4) is 0 Å². The van der Waals surface area contributed by atoms with Crippen LogP contribution in [0.25, 0.3) is 0 Å². The number of esters is 1. The van der Waals surface area contributed by atoms with Gasteiger partial charge in [0.2, 0.25) is 11.8 Å². The van der Waals surface area contributed by atoms with E-state index in [9.17, 15) is 19.2 Å². The Labute approximate surface area is 290 Å². The van der Waals surface area contributed by atoms with Crippen LogP contribution < -0.4 is 15.5 Å². The lowest BCUT2D eigenvalue weighted by molar-refractivity contribution is -0.153. The zero-order valence-electron chi connectivity index (χ0n) is 29.7. The number of carboxylic acid groups (broad SMARTS) is 1. The first kappa shape index (κ1) is 41.6. The molecule has 1 aromatic rings. The molecule has 0 aliphatic rings. The summed E-state index contributed by atoms with van der Waals surface area (Å²) in [6, 6.07) is 3.07. The third-order valence-electron chi connectivity index (χ3n) is 8.46. The molecule has 0 aliphatic carbocycles. The Morgan fingerprint density at radius 1 is 1.11 bits per heavy atom. The molecule has 0 bridgehead atoms. The maximum absolute atomic E-state index is 13.6. The van der Waals surface area contributed by atoms with Crippen molar-refractivity contribution in [1.82, 2.24) is 10.2 Å². The predicted molar refractivity (Wildman–Crippen MR) is 193 cm³/mol. The van der Waals surface area contributed by atoms with E-state index in [1.54, 1.807) is 27.7 Å². The highest BCUT2D eigenvalue weighted by Crippen LogP contribution is 2.38. The number of carbonyl (C=O) groups is 4. The van der Waals surface area contributed by atoms with Crippen molar-refractivity contribution in [2.24, 2.45) is 17.6 Å². The Balaban J connectivity index is 3.02. The maximum atomic E-state index is 13.6. The number of amides is 2. The van der Waals surface area contributed by atoms with Gasteiger partial charge < -0.3 is 30.2 Å². The molecule has 2 amide bonds. The molecule has 12 heteroatoms. The number of halogens is 1. The summed E-state index contributed by atoms with van der Waals surface area (Å²) in [6.07, 6.45) is 2.76. The Bertz CT molecular complexity index is 1260. The zero-order valence-corrected chi connectivity index (χ0v) is 32.9.